The molecule has 1 unspecified atom stereocenters. The molecule has 12 heteroatoms. The van der Waals surface area contributed by atoms with E-state index >= 15 is 0 Å². The zero-order valence-corrected chi connectivity index (χ0v) is 17.7. The van der Waals surface area contributed by atoms with Crippen molar-refractivity contribution < 1.29 is 54.2 Å². The summed E-state index contributed by atoms with van der Waals surface area (Å²) in [6.45, 7) is 1.22. The van der Waals surface area contributed by atoms with Gasteiger partial charge < -0.3 is 9.84 Å². The number of ether oxygens (including phenoxy) is 1. The van der Waals surface area contributed by atoms with E-state index in [0.29, 0.717) is 30.3 Å². The van der Waals surface area contributed by atoms with E-state index in [0.717, 1.165) is 6.07 Å². The number of rotatable bonds is 7. The van der Waals surface area contributed by atoms with Gasteiger partial charge in [-0.2, -0.15) is 39.5 Å². The summed E-state index contributed by atoms with van der Waals surface area (Å²) in [6, 6.07) is 3.56. The van der Waals surface area contributed by atoms with Crippen LogP contribution in [0.5, 0.6) is 5.75 Å². The van der Waals surface area contributed by atoms with Crippen LogP contribution >= 0.6 is 0 Å². The van der Waals surface area contributed by atoms with E-state index in [4.69, 9.17) is 0 Å². The van der Waals surface area contributed by atoms with E-state index < -0.39 is 70.6 Å². The smallest absolute Gasteiger partial charge is 0.422 e. The van der Waals surface area contributed by atoms with Crippen molar-refractivity contribution in [2.75, 3.05) is 6.61 Å². The first-order valence-corrected chi connectivity index (χ1v) is 9.75. The summed E-state index contributed by atoms with van der Waals surface area (Å²) in [6.07, 6.45) is -15.1. The molecule has 0 bridgehead atoms. The normalized spacial score (nSPS) is 13.8. The largest absolute Gasteiger partial charge is 0.483 e. The molecule has 0 saturated heterocycles. The number of alkyl halides is 9. The van der Waals surface area contributed by atoms with Crippen LogP contribution < -0.4 is 4.74 Å². The number of carboxylic acid groups (broad SMARTS) is 1. The molecule has 2 rings (SSSR count). The Morgan fingerprint density at radius 1 is 0.912 bits per heavy atom. The topological polar surface area (TPSA) is 46.5 Å². The van der Waals surface area contributed by atoms with Gasteiger partial charge in [0, 0.05) is 5.56 Å². The molecular weight excluding hydrogens is 483 g/mol. The number of aliphatic carboxylic acids is 1. The highest BCUT2D eigenvalue weighted by Crippen LogP contribution is 2.45. The zero-order chi connectivity index (χ0) is 26.1. The second-order valence-electron chi connectivity index (χ2n) is 7.94. The Morgan fingerprint density at radius 3 is 1.88 bits per heavy atom. The highest BCUT2D eigenvalue weighted by molar-refractivity contribution is 5.80. The number of halogens is 9. The van der Waals surface area contributed by atoms with Gasteiger partial charge in [0.2, 0.25) is 0 Å². The van der Waals surface area contributed by atoms with E-state index in [-0.39, 0.29) is 12.3 Å². The maximum absolute atomic E-state index is 14.0. The van der Waals surface area contributed by atoms with E-state index in [9.17, 15) is 49.4 Å². The number of benzene rings is 2. The molecule has 2 aromatic carbocycles. The highest BCUT2D eigenvalue weighted by atomic mass is 19.4. The van der Waals surface area contributed by atoms with E-state index in [1.807, 2.05) is 0 Å². The summed E-state index contributed by atoms with van der Waals surface area (Å²) < 4.78 is 123. The lowest BCUT2D eigenvalue weighted by molar-refractivity contribution is -0.153. The molecular formula is C22H19F9O3. The maximum atomic E-state index is 14.0. The van der Waals surface area contributed by atoms with Crippen LogP contribution in [-0.2, 0) is 17.1 Å². The molecule has 34 heavy (non-hydrogen) atoms. The van der Waals surface area contributed by atoms with Gasteiger partial charge in [-0.1, -0.05) is 26.0 Å². The van der Waals surface area contributed by atoms with Gasteiger partial charge in [-0.25, -0.2) is 0 Å². The van der Waals surface area contributed by atoms with Crippen molar-refractivity contribution in [2.24, 2.45) is 5.92 Å². The van der Waals surface area contributed by atoms with Gasteiger partial charge in [-0.3, -0.25) is 4.79 Å². The van der Waals surface area contributed by atoms with Crippen molar-refractivity contribution in [1.29, 1.82) is 0 Å². The fourth-order valence-corrected chi connectivity index (χ4v) is 3.31. The van der Waals surface area contributed by atoms with Crippen LogP contribution in [0.1, 0.15) is 42.9 Å². The average molecular weight is 502 g/mol. The van der Waals surface area contributed by atoms with Crippen molar-refractivity contribution >= 4 is 5.97 Å². The molecule has 3 nitrogen and oxygen atoms in total. The molecule has 188 valence electrons. The lowest BCUT2D eigenvalue weighted by Crippen LogP contribution is -2.21. The van der Waals surface area contributed by atoms with Crippen LogP contribution in [0.2, 0.25) is 0 Å². The summed E-state index contributed by atoms with van der Waals surface area (Å²) in [5.41, 5.74) is -4.57. The minimum Gasteiger partial charge on any atom is -0.483 e. The van der Waals surface area contributed by atoms with E-state index in [1.54, 1.807) is 13.8 Å². The summed E-state index contributed by atoms with van der Waals surface area (Å²) in [7, 11) is 0. The molecule has 0 spiro atoms. The molecule has 0 heterocycles. The van der Waals surface area contributed by atoms with Gasteiger partial charge in [-0.05, 0) is 47.7 Å². The van der Waals surface area contributed by atoms with Crippen LogP contribution in [0.3, 0.4) is 0 Å². The van der Waals surface area contributed by atoms with Gasteiger partial charge in [-0.15, -0.1) is 0 Å². The number of carbonyl (C=O) groups is 1. The zero-order valence-electron chi connectivity index (χ0n) is 17.7. The molecule has 0 saturated carbocycles. The fourth-order valence-electron chi connectivity index (χ4n) is 3.31. The van der Waals surface area contributed by atoms with Crippen LogP contribution in [-0.4, -0.2) is 23.9 Å². The molecule has 0 aromatic heterocycles. The molecule has 1 N–H and O–H groups in total. The fraction of sp³-hybridized carbons (Fsp3) is 0.409. The van der Waals surface area contributed by atoms with Gasteiger partial charge >= 0.3 is 24.5 Å². The lowest BCUT2D eigenvalue weighted by atomic mass is 9.86. The van der Waals surface area contributed by atoms with Crippen molar-refractivity contribution in [3.8, 4) is 16.9 Å². The first-order chi connectivity index (χ1) is 15.4. The maximum Gasteiger partial charge on any atom is 0.422 e. The third kappa shape index (κ3) is 7.04. The standard InChI is InChI=1S/C22H19F9O3/c1-11(2)7-15(19(32)33)13-8-16(22(29,30)31)18(17(9-13)34-10-20(23,24)25)12-3-5-14(6-4-12)21(26,27)28/h3-6,8-9,11,15H,7,10H2,1-2H3,(H,32,33). The first-order valence-electron chi connectivity index (χ1n) is 9.75. The monoisotopic (exact) mass is 502 g/mol. The van der Waals surface area contributed by atoms with Crippen LogP contribution in [0.4, 0.5) is 39.5 Å². The van der Waals surface area contributed by atoms with E-state index in [2.05, 4.69) is 4.74 Å². The van der Waals surface area contributed by atoms with Gasteiger partial charge in [0.25, 0.3) is 0 Å². The Labute approximate surface area is 188 Å². The van der Waals surface area contributed by atoms with Crippen LogP contribution in [0.25, 0.3) is 11.1 Å². The molecule has 0 radical (unpaired) electrons. The molecule has 0 aliphatic rings. The average Bonchev–Trinajstić information content (AvgIpc) is 2.67. The Bertz CT molecular complexity index is 1000. The molecule has 1 atom stereocenters. The third-order valence-corrected chi connectivity index (χ3v) is 4.73. The third-order valence-electron chi connectivity index (χ3n) is 4.73. The summed E-state index contributed by atoms with van der Waals surface area (Å²) in [5.74, 6) is -4.22. The summed E-state index contributed by atoms with van der Waals surface area (Å²) in [5, 5.41) is 9.50. The predicted molar refractivity (Wildman–Crippen MR) is 103 cm³/mol. The quantitative estimate of drug-likeness (QED) is 0.398. The Hall–Kier alpha value is -2.92. The van der Waals surface area contributed by atoms with Gasteiger partial charge in [0.15, 0.2) is 6.61 Å². The van der Waals surface area contributed by atoms with Crippen molar-refractivity contribution in [3.63, 3.8) is 0 Å². The van der Waals surface area contributed by atoms with Crippen molar-refractivity contribution in [2.45, 2.75) is 44.7 Å². The summed E-state index contributed by atoms with van der Waals surface area (Å²) >= 11 is 0. The van der Waals surface area contributed by atoms with E-state index in [1.165, 1.54) is 0 Å². The van der Waals surface area contributed by atoms with Crippen molar-refractivity contribution in [3.05, 3.63) is 53.1 Å². The molecule has 0 aliphatic carbocycles. The lowest BCUT2D eigenvalue weighted by Gasteiger charge is -2.23. The number of carboxylic acids is 1. The second-order valence-corrected chi connectivity index (χ2v) is 7.94. The Kier molecular flexibility index (Phi) is 7.84. The number of hydrogen-bond acceptors (Lipinski definition) is 2. The molecule has 0 fully saturated rings. The highest BCUT2D eigenvalue weighted by Gasteiger charge is 2.39. The SMILES string of the molecule is CC(C)CC(C(=O)O)c1cc(OCC(F)(F)F)c(-c2ccc(C(F)(F)F)cc2)c(C(F)(F)F)c1. The Balaban J connectivity index is 2.81. The van der Waals surface area contributed by atoms with Gasteiger partial charge in [0.1, 0.15) is 5.75 Å². The molecule has 0 aliphatic heterocycles. The minimum atomic E-state index is -5.19. The predicted octanol–water partition coefficient (Wildman–Crippen LogP) is 7.55. The minimum absolute atomic E-state index is 0.120. The second kappa shape index (κ2) is 9.75. The summed E-state index contributed by atoms with van der Waals surface area (Å²) in [4.78, 5) is 11.7. The number of hydrogen-bond donors (Lipinski definition) is 1. The van der Waals surface area contributed by atoms with Crippen LogP contribution in [0.15, 0.2) is 36.4 Å². The molecule has 2 aromatic rings. The molecule has 0 amide bonds. The van der Waals surface area contributed by atoms with Gasteiger partial charge in [0.05, 0.1) is 17.0 Å². The Morgan fingerprint density at radius 2 is 1.47 bits per heavy atom. The van der Waals surface area contributed by atoms with Crippen LogP contribution in [0, 0.1) is 5.92 Å². The van der Waals surface area contributed by atoms with Crippen molar-refractivity contribution in [1.82, 2.24) is 0 Å². The first kappa shape index (κ1) is 27.3.